The van der Waals surface area contributed by atoms with Gasteiger partial charge in [0.05, 0.1) is 6.04 Å². The third kappa shape index (κ3) is 2.75. The Kier molecular flexibility index (Phi) is 3.62. The molecule has 0 bridgehead atoms. The third-order valence-corrected chi connectivity index (χ3v) is 4.02. The lowest BCUT2D eigenvalue weighted by Crippen LogP contribution is -2.23. The fraction of sp³-hybridized carbons (Fsp3) is 0.333. The Morgan fingerprint density at radius 2 is 1.95 bits per heavy atom. The van der Waals surface area contributed by atoms with Gasteiger partial charge in [0.1, 0.15) is 17.6 Å². The van der Waals surface area contributed by atoms with Gasteiger partial charge in [-0.15, -0.1) is 0 Å². The molecule has 2 aromatic rings. The van der Waals surface area contributed by atoms with E-state index in [1.807, 2.05) is 12.1 Å². The molecule has 0 amide bonds. The van der Waals surface area contributed by atoms with Gasteiger partial charge in [0.15, 0.2) is 0 Å². The Morgan fingerprint density at radius 3 is 2.67 bits per heavy atom. The highest BCUT2D eigenvalue weighted by atomic mass is 15.2. The van der Waals surface area contributed by atoms with Gasteiger partial charge in [0, 0.05) is 6.54 Å². The van der Waals surface area contributed by atoms with E-state index in [9.17, 15) is 0 Å². The van der Waals surface area contributed by atoms with Crippen molar-refractivity contribution in [3.05, 3.63) is 58.8 Å². The van der Waals surface area contributed by atoms with Crippen LogP contribution >= 0.6 is 0 Å². The zero-order valence-electron chi connectivity index (χ0n) is 12.5. The molecule has 2 heterocycles. The van der Waals surface area contributed by atoms with E-state index in [0.29, 0.717) is 11.7 Å². The predicted molar refractivity (Wildman–Crippen MR) is 84.2 cm³/mol. The van der Waals surface area contributed by atoms with E-state index in [1.54, 1.807) is 6.07 Å². The van der Waals surface area contributed by atoms with Crippen LogP contribution in [0.25, 0.3) is 0 Å². The molecule has 0 saturated carbocycles. The Bertz CT molecular complexity index is 680. The SMILES string of the molecule is Cc1cc(C)cc(C2CCCN2c2cccc(C#N)n2)c1. The summed E-state index contributed by atoms with van der Waals surface area (Å²) in [5.74, 6) is 0.913. The Labute approximate surface area is 125 Å². The van der Waals surface area contributed by atoms with E-state index in [2.05, 4.69) is 48.0 Å². The number of rotatable bonds is 2. The Hall–Kier alpha value is -2.34. The molecule has 1 fully saturated rings. The van der Waals surface area contributed by atoms with Crippen LogP contribution in [0.1, 0.15) is 41.3 Å². The molecule has 1 saturated heterocycles. The van der Waals surface area contributed by atoms with E-state index in [1.165, 1.54) is 16.7 Å². The zero-order valence-corrected chi connectivity index (χ0v) is 12.5. The molecule has 0 spiro atoms. The standard InChI is InChI=1S/C18H19N3/c1-13-9-14(2)11-15(10-13)17-6-4-8-21(17)18-7-3-5-16(12-19)20-18/h3,5,7,9-11,17H,4,6,8H2,1-2H3. The summed E-state index contributed by atoms with van der Waals surface area (Å²) in [6.45, 7) is 5.29. The largest absolute Gasteiger partial charge is 0.350 e. The lowest BCUT2D eigenvalue weighted by atomic mass is 9.99. The van der Waals surface area contributed by atoms with Crippen LogP contribution in [0.15, 0.2) is 36.4 Å². The summed E-state index contributed by atoms with van der Waals surface area (Å²) in [5, 5.41) is 9.03. The predicted octanol–water partition coefficient (Wildman–Crippen LogP) is 3.91. The van der Waals surface area contributed by atoms with E-state index >= 15 is 0 Å². The van der Waals surface area contributed by atoms with Gasteiger partial charge in [-0.2, -0.15) is 5.26 Å². The maximum atomic E-state index is 9.03. The molecule has 1 aliphatic heterocycles. The highest BCUT2D eigenvalue weighted by Gasteiger charge is 2.27. The first-order valence-electron chi connectivity index (χ1n) is 7.39. The van der Waals surface area contributed by atoms with E-state index in [-0.39, 0.29) is 0 Å². The van der Waals surface area contributed by atoms with Crippen LogP contribution in [-0.2, 0) is 0 Å². The van der Waals surface area contributed by atoms with Crippen molar-refractivity contribution in [2.24, 2.45) is 0 Å². The van der Waals surface area contributed by atoms with Gasteiger partial charge in [-0.3, -0.25) is 0 Å². The molecule has 3 nitrogen and oxygen atoms in total. The summed E-state index contributed by atoms with van der Waals surface area (Å²) in [6, 6.07) is 14.9. The van der Waals surface area contributed by atoms with Crippen molar-refractivity contribution in [3.63, 3.8) is 0 Å². The first-order valence-corrected chi connectivity index (χ1v) is 7.39. The van der Waals surface area contributed by atoms with Crippen LogP contribution in [0.5, 0.6) is 0 Å². The second-order valence-electron chi connectivity index (χ2n) is 5.77. The first-order chi connectivity index (χ1) is 10.2. The number of aryl methyl sites for hydroxylation is 2. The monoisotopic (exact) mass is 277 g/mol. The number of pyridine rings is 1. The second kappa shape index (κ2) is 5.57. The molecule has 106 valence electrons. The van der Waals surface area contributed by atoms with Gasteiger partial charge >= 0.3 is 0 Å². The van der Waals surface area contributed by atoms with Gasteiger partial charge in [-0.25, -0.2) is 4.98 Å². The topological polar surface area (TPSA) is 39.9 Å². The molecule has 1 aliphatic rings. The van der Waals surface area contributed by atoms with Crippen molar-refractivity contribution in [2.75, 3.05) is 11.4 Å². The van der Waals surface area contributed by atoms with Crippen molar-refractivity contribution in [3.8, 4) is 6.07 Å². The highest BCUT2D eigenvalue weighted by Crippen LogP contribution is 2.35. The van der Waals surface area contributed by atoms with Gasteiger partial charge in [0.2, 0.25) is 0 Å². The van der Waals surface area contributed by atoms with Crippen molar-refractivity contribution in [2.45, 2.75) is 32.7 Å². The second-order valence-corrected chi connectivity index (χ2v) is 5.77. The molecule has 21 heavy (non-hydrogen) atoms. The van der Waals surface area contributed by atoms with Crippen LogP contribution < -0.4 is 4.90 Å². The molecule has 3 rings (SSSR count). The van der Waals surface area contributed by atoms with Crippen molar-refractivity contribution in [1.82, 2.24) is 4.98 Å². The minimum atomic E-state index is 0.366. The van der Waals surface area contributed by atoms with Crippen LogP contribution in [0.2, 0.25) is 0 Å². The first kappa shape index (κ1) is 13.6. The van der Waals surface area contributed by atoms with Crippen molar-refractivity contribution >= 4 is 5.82 Å². The maximum Gasteiger partial charge on any atom is 0.142 e. The van der Waals surface area contributed by atoms with Crippen molar-refractivity contribution < 1.29 is 0 Å². The summed E-state index contributed by atoms with van der Waals surface area (Å²) in [6.07, 6.45) is 2.30. The van der Waals surface area contributed by atoms with Crippen LogP contribution in [0.4, 0.5) is 5.82 Å². The molecular formula is C18H19N3. The summed E-state index contributed by atoms with van der Waals surface area (Å²) in [5.41, 5.74) is 4.44. The van der Waals surface area contributed by atoms with Crippen LogP contribution in [0.3, 0.4) is 0 Å². The minimum Gasteiger partial charge on any atom is -0.350 e. The van der Waals surface area contributed by atoms with Gasteiger partial charge < -0.3 is 4.90 Å². The summed E-state index contributed by atoms with van der Waals surface area (Å²) < 4.78 is 0. The van der Waals surface area contributed by atoms with E-state index in [4.69, 9.17) is 5.26 Å². The quantitative estimate of drug-likeness (QED) is 0.835. The number of nitriles is 1. The van der Waals surface area contributed by atoms with Gasteiger partial charge in [0.25, 0.3) is 0 Å². The molecule has 3 heteroatoms. The fourth-order valence-electron chi connectivity index (χ4n) is 3.24. The summed E-state index contributed by atoms with van der Waals surface area (Å²) in [7, 11) is 0. The molecule has 1 atom stereocenters. The smallest absolute Gasteiger partial charge is 0.142 e. The van der Waals surface area contributed by atoms with Crippen molar-refractivity contribution in [1.29, 1.82) is 5.26 Å². The molecule has 0 radical (unpaired) electrons. The Balaban J connectivity index is 1.97. The average molecular weight is 277 g/mol. The molecule has 0 N–H and O–H groups in total. The number of aromatic nitrogens is 1. The minimum absolute atomic E-state index is 0.366. The van der Waals surface area contributed by atoms with Gasteiger partial charge in [-0.05, 0) is 44.4 Å². The molecule has 0 aliphatic carbocycles. The van der Waals surface area contributed by atoms with E-state index < -0.39 is 0 Å². The van der Waals surface area contributed by atoms with Crippen LogP contribution in [-0.4, -0.2) is 11.5 Å². The third-order valence-electron chi connectivity index (χ3n) is 4.02. The zero-order chi connectivity index (χ0) is 14.8. The molecule has 1 unspecified atom stereocenters. The fourth-order valence-corrected chi connectivity index (χ4v) is 3.24. The average Bonchev–Trinajstić information content (AvgIpc) is 2.96. The maximum absolute atomic E-state index is 9.03. The number of hydrogen-bond donors (Lipinski definition) is 0. The lowest BCUT2D eigenvalue weighted by molar-refractivity contribution is 0.710. The van der Waals surface area contributed by atoms with Crippen LogP contribution in [0, 0.1) is 25.2 Å². The number of nitrogens with zero attached hydrogens (tertiary/aromatic N) is 3. The van der Waals surface area contributed by atoms with Gasteiger partial charge in [-0.1, -0.05) is 35.4 Å². The van der Waals surface area contributed by atoms with E-state index in [0.717, 1.165) is 25.2 Å². The molecule has 1 aromatic carbocycles. The highest BCUT2D eigenvalue weighted by molar-refractivity contribution is 5.47. The molecular weight excluding hydrogens is 258 g/mol. The summed E-state index contributed by atoms with van der Waals surface area (Å²) >= 11 is 0. The number of benzene rings is 1. The lowest BCUT2D eigenvalue weighted by Gasteiger charge is -2.26. The summed E-state index contributed by atoms with van der Waals surface area (Å²) in [4.78, 5) is 6.79. The normalized spacial score (nSPS) is 17.8. The Morgan fingerprint density at radius 1 is 1.19 bits per heavy atom. The number of anilines is 1. The molecule has 1 aromatic heterocycles. The number of hydrogen-bond acceptors (Lipinski definition) is 3.